The third-order valence-electron chi connectivity index (χ3n) is 1.40. The van der Waals surface area contributed by atoms with E-state index >= 15 is 0 Å². The van der Waals surface area contributed by atoms with Gasteiger partial charge in [-0.15, -0.1) is 0 Å². The number of aliphatic imine (C=N–C) groups is 2. The molecule has 0 heterocycles. The molecule has 6 heteroatoms. The maximum Gasteiger partial charge on any atom is 0.336 e. The molecular formula is C9H13ClN2O2S. The van der Waals surface area contributed by atoms with Crippen LogP contribution in [0.3, 0.4) is 0 Å². The first kappa shape index (κ1) is 14.2. The van der Waals surface area contributed by atoms with Crippen LogP contribution in [0.2, 0.25) is 0 Å². The van der Waals surface area contributed by atoms with Crippen molar-refractivity contribution in [2.45, 2.75) is 13.8 Å². The average Bonchev–Trinajstić information content (AvgIpc) is 2.24. The van der Waals surface area contributed by atoms with E-state index in [0.717, 1.165) is 0 Å². The summed E-state index contributed by atoms with van der Waals surface area (Å²) in [6.07, 6.45) is 1.79. The molecule has 0 fully saturated rings. The number of carbonyl (C=O) groups is 1. The minimum absolute atomic E-state index is 0.0743. The summed E-state index contributed by atoms with van der Waals surface area (Å²) in [4.78, 5) is 18.8. The van der Waals surface area contributed by atoms with Gasteiger partial charge in [-0.2, -0.15) is 0 Å². The van der Waals surface area contributed by atoms with E-state index in [2.05, 4.69) is 16.7 Å². The number of halogens is 1. The third kappa shape index (κ3) is 4.99. The maximum atomic E-state index is 11.3. The van der Waals surface area contributed by atoms with Crippen molar-refractivity contribution in [2.24, 2.45) is 9.98 Å². The molecule has 0 bridgehead atoms. The molecule has 0 radical (unpaired) electrons. The predicted molar refractivity (Wildman–Crippen MR) is 65.7 cm³/mol. The molecule has 0 aromatic rings. The molecule has 0 aliphatic rings. The monoisotopic (exact) mass is 248 g/mol. The van der Waals surface area contributed by atoms with Gasteiger partial charge in [0, 0.05) is 0 Å². The van der Waals surface area contributed by atoms with Gasteiger partial charge in [0.15, 0.2) is 5.17 Å². The van der Waals surface area contributed by atoms with Crippen LogP contribution in [0.1, 0.15) is 13.8 Å². The minimum Gasteiger partial charge on any atom is -0.463 e. The molecule has 0 unspecified atom stereocenters. The number of amidine groups is 1. The molecule has 0 aliphatic carbocycles. The lowest BCUT2D eigenvalue weighted by molar-refractivity contribution is -0.138. The summed E-state index contributed by atoms with van der Waals surface area (Å²) >= 11 is 7.10. The van der Waals surface area contributed by atoms with Crippen LogP contribution in [0.5, 0.6) is 0 Å². The summed E-state index contributed by atoms with van der Waals surface area (Å²) in [7, 11) is 0. The largest absolute Gasteiger partial charge is 0.463 e. The zero-order chi connectivity index (χ0) is 11.8. The molecular weight excluding hydrogens is 236 g/mol. The average molecular weight is 249 g/mol. The van der Waals surface area contributed by atoms with Crippen LogP contribution in [0.4, 0.5) is 0 Å². The van der Waals surface area contributed by atoms with Gasteiger partial charge < -0.3 is 4.74 Å². The van der Waals surface area contributed by atoms with Gasteiger partial charge in [-0.1, -0.05) is 23.4 Å². The van der Waals surface area contributed by atoms with Gasteiger partial charge >= 0.3 is 5.97 Å². The van der Waals surface area contributed by atoms with Crippen LogP contribution in [-0.4, -0.2) is 30.7 Å². The number of rotatable bonds is 3. The fraction of sp³-hybridized carbons (Fsp3) is 0.444. The van der Waals surface area contributed by atoms with E-state index < -0.39 is 5.97 Å². The van der Waals surface area contributed by atoms with E-state index in [9.17, 15) is 4.79 Å². The zero-order valence-corrected chi connectivity index (χ0v) is 10.5. The molecule has 0 aliphatic heterocycles. The second-order valence-corrected chi connectivity index (χ2v) is 3.52. The fourth-order valence-corrected chi connectivity index (χ4v) is 1.16. The summed E-state index contributed by atoms with van der Waals surface area (Å²) in [6.45, 7) is 6.90. The Kier molecular flexibility index (Phi) is 7.07. The van der Waals surface area contributed by atoms with E-state index in [1.54, 1.807) is 20.1 Å². The van der Waals surface area contributed by atoms with Crippen LogP contribution in [-0.2, 0) is 9.53 Å². The summed E-state index contributed by atoms with van der Waals surface area (Å²) in [5.74, 6) is -0.476. The Morgan fingerprint density at radius 1 is 1.60 bits per heavy atom. The van der Waals surface area contributed by atoms with Crippen molar-refractivity contribution >= 4 is 41.2 Å². The SMILES string of the molecule is C=N/C(=N\C(Cl)=C(/C)C(=O)OCC)SC. The molecule has 0 atom stereocenters. The Balaban J connectivity index is 4.85. The van der Waals surface area contributed by atoms with Crippen molar-refractivity contribution in [1.82, 2.24) is 0 Å². The Morgan fingerprint density at radius 3 is 2.60 bits per heavy atom. The minimum atomic E-state index is -0.476. The molecule has 0 saturated carbocycles. The first-order chi connectivity index (χ1) is 7.06. The second kappa shape index (κ2) is 7.48. The van der Waals surface area contributed by atoms with E-state index in [1.807, 2.05) is 0 Å². The van der Waals surface area contributed by atoms with Crippen molar-refractivity contribution in [3.05, 3.63) is 10.7 Å². The van der Waals surface area contributed by atoms with Crippen molar-refractivity contribution in [3.8, 4) is 0 Å². The maximum absolute atomic E-state index is 11.3. The quantitative estimate of drug-likeness (QED) is 0.253. The first-order valence-corrected chi connectivity index (χ1v) is 5.80. The number of thioether (sulfide) groups is 1. The Bertz CT molecular complexity index is 313. The van der Waals surface area contributed by atoms with Gasteiger partial charge in [0.2, 0.25) is 0 Å². The van der Waals surface area contributed by atoms with Gasteiger partial charge in [-0.25, -0.2) is 14.8 Å². The number of hydrogen-bond acceptors (Lipinski definition) is 4. The molecule has 0 spiro atoms. The Labute approximate surface area is 98.5 Å². The van der Waals surface area contributed by atoms with E-state index in [-0.39, 0.29) is 10.7 Å². The highest BCUT2D eigenvalue weighted by atomic mass is 35.5. The van der Waals surface area contributed by atoms with Gasteiger partial charge in [0.05, 0.1) is 12.2 Å². The van der Waals surface area contributed by atoms with Gasteiger partial charge in [0.1, 0.15) is 5.16 Å². The molecule has 0 rings (SSSR count). The van der Waals surface area contributed by atoms with E-state index in [1.165, 1.54) is 11.8 Å². The molecule has 4 nitrogen and oxygen atoms in total. The molecule has 0 aromatic carbocycles. The number of ether oxygens (including phenoxy) is 1. The smallest absolute Gasteiger partial charge is 0.336 e. The molecule has 0 N–H and O–H groups in total. The predicted octanol–water partition coefficient (Wildman–Crippen LogP) is 2.44. The lowest BCUT2D eigenvalue weighted by Gasteiger charge is -2.02. The normalized spacial score (nSPS) is 13.2. The summed E-state index contributed by atoms with van der Waals surface area (Å²) < 4.78 is 4.77. The Morgan fingerprint density at radius 2 is 2.20 bits per heavy atom. The number of nitrogens with zero attached hydrogens (tertiary/aromatic N) is 2. The highest BCUT2D eigenvalue weighted by molar-refractivity contribution is 8.13. The van der Waals surface area contributed by atoms with Crippen LogP contribution in [0.25, 0.3) is 0 Å². The van der Waals surface area contributed by atoms with E-state index in [0.29, 0.717) is 11.8 Å². The van der Waals surface area contributed by atoms with Crippen molar-refractivity contribution < 1.29 is 9.53 Å². The van der Waals surface area contributed by atoms with Crippen molar-refractivity contribution in [1.29, 1.82) is 0 Å². The van der Waals surface area contributed by atoms with Crippen LogP contribution < -0.4 is 0 Å². The number of esters is 1. The van der Waals surface area contributed by atoms with Gasteiger partial charge in [-0.05, 0) is 26.8 Å². The standard InChI is InChI=1S/C9H13ClN2O2S/c1-5-14-8(13)6(2)7(10)12-9(11-3)15-4/h3,5H2,1-2,4H3/b7-6+,12-9+. The van der Waals surface area contributed by atoms with Gasteiger partial charge in [-0.3, -0.25) is 0 Å². The highest BCUT2D eigenvalue weighted by Gasteiger charge is 2.10. The van der Waals surface area contributed by atoms with Crippen LogP contribution >= 0.6 is 23.4 Å². The van der Waals surface area contributed by atoms with Crippen molar-refractivity contribution in [2.75, 3.05) is 12.9 Å². The summed E-state index contributed by atoms with van der Waals surface area (Å²) in [5, 5.41) is 0.480. The topological polar surface area (TPSA) is 51.0 Å². The van der Waals surface area contributed by atoms with Gasteiger partial charge in [0.25, 0.3) is 0 Å². The lowest BCUT2D eigenvalue weighted by atomic mass is 10.3. The molecule has 0 aromatic heterocycles. The second-order valence-electron chi connectivity index (χ2n) is 2.39. The molecule has 15 heavy (non-hydrogen) atoms. The lowest BCUT2D eigenvalue weighted by Crippen LogP contribution is -2.06. The fourth-order valence-electron chi connectivity index (χ4n) is 0.637. The molecule has 0 amide bonds. The molecule has 84 valence electrons. The summed E-state index contributed by atoms with van der Waals surface area (Å²) in [5.41, 5.74) is 0.258. The summed E-state index contributed by atoms with van der Waals surface area (Å²) in [6, 6.07) is 0. The van der Waals surface area contributed by atoms with Crippen LogP contribution in [0.15, 0.2) is 20.7 Å². The first-order valence-electron chi connectivity index (χ1n) is 4.19. The number of hydrogen-bond donors (Lipinski definition) is 0. The molecule has 0 saturated heterocycles. The number of carbonyl (C=O) groups excluding carboxylic acids is 1. The highest BCUT2D eigenvalue weighted by Crippen LogP contribution is 2.15. The van der Waals surface area contributed by atoms with Crippen LogP contribution in [0, 0.1) is 0 Å². The Hall–Kier alpha value is -0.810. The zero-order valence-electron chi connectivity index (χ0n) is 8.91. The third-order valence-corrected chi connectivity index (χ3v) is 2.36. The van der Waals surface area contributed by atoms with E-state index in [4.69, 9.17) is 16.3 Å². The van der Waals surface area contributed by atoms with Crippen molar-refractivity contribution in [3.63, 3.8) is 0 Å².